The Bertz CT molecular complexity index is 417. The van der Waals surface area contributed by atoms with E-state index in [1.807, 2.05) is 0 Å². The summed E-state index contributed by atoms with van der Waals surface area (Å²) in [6, 6.07) is 1.77. The SMILES string of the molecule is OC(CCBr)C(O)c1cc(Cl)nc(C(F)(F)F)c1. The van der Waals surface area contributed by atoms with Gasteiger partial charge in [0, 0.05) is 5.33 Å². The molecule has 0 aromatic carbocycles. The van der Waals surface area contributed by atoms with E-state index in [4.69, 9.17) is 11.6 Å². The summed E-state index contributed by atoms with van der Waals surface area (Å²) in [5.74, 6) is 0. The van der Waals surface area contributed by atoms with Gasteiger partial charge >= 0.3 is 6.18 Å². The van der Waals surface area contributed by atoms with E-state index in [2.05, 4.69) is 20.9 Å². The molecular formula is C10H10BrClF3NO2. The van der Waals surface area contributed by atoms with Gasteiger partial charge in [0.05, 0.1) is 6.10 Å². The summed E-state index contributed by atoms with van der Waals surface area (Å²) in [7, 11) is 0. The summed E-state index contributed by atoms with van der Waals surface area (Å²) in [5, 5.41) is 19.3. The first kappa shape index (κ1) is 15.7. The number of hydrogen-bond donors (Lipinski definition) is 2. The van der Waals surface area contributed by atoms with Crippen LogP contribution in [0.5, 0.6) is 0 Å². The van der Waals surface area contributed by atoms with Crippen LogP contribution in [0.25, 0.3) is 0 Å². The van der Waals surface area contributed by atoms with E-state index >= 15 is 0 Å². The highest BCUT2D eigenvalue weighted by molar-refractivity contribution is 9.09. The standard InChI is InChI=1S/C10H10BrClF3NO2/c11-2-1-6(17)9(18)5-3-7(10(13,14)15)16-8(12)4-5/h3-4,6,9,17-18H,1-2H2. The van der Waals surface area contributed by atoms with Crippen LogP contribution in [0.4, 0.5) is 13.2 Å². The number of hydrogen-bond acceptors (Lipinski definition) is 3. The molecule has 1 aromatic rings. The van der Waals surface area contributed by atoms with E-state index < -0.39 is 24.1 Å². The highest BCUT2D eigenvalue weighted by atomic mass is 79.9. The number of aliphatic hydroxyl groups is 2. The van der Waals surface area contributed by atoms with Crippen molar-refractivity contribution in [3.8, 4) is 0 Å². The van der Waals surface area contributed by atoms with E-state index in [0.717, 1.165) is 6.07 Å². The summed E-state index contributed by atoms with van der Waals surface area (Å²) < 4.78 is 37.5. The van der Waals surface area contributed by atoms with Crippen molar-refractivity contribution >= 4 is 27.5 Å². The van der Waals surface area contributed by atoms with Gasteiger partial charge in [0.1, 0.15) is 17.0 Å². The third-order valence-corrected chi connectivity index (χ3v) is 2.87. The monoisotopic (exact) mass is 347 g/mol. The molecule has 0 saturated heterocycles. The zero-order valence-electron chi connectivity index (χ0n) is 8.96. The molecule has 2 atom stereocenters. The van der Waals surface area contributed by atoms with Crippen molar-refractivity contribution in [3.05, 3.63) is 28.5 Å². The highest BCUT2D eigenvalue weighted by Crippen LogP contribution is 2.31. The lowest BCUT2D eigenvalue weighted by molar-refractivity contribution is -0.141. The average Bonchev–Trinajstić information content (AvgIpc) is 2.26. The Balaban J connectivity index is 3.06. The van der Waals surface area contributed by atoms with Crippen molar-refractivity contribution < 1.29 is 23.4 Å². The predicted molar refractivity (Wildman–Crippen MR) is 63.6 cm³/mol. The molecule has 1 aromatic heterocycles. The van der Waals surface area contributed by atoms with Crippen LogP contribution in [-0.2, 0) is 6.18 Å². The van der Waals surface area contributed by atoms with Crippen LogP contribution >= 0.6 is 27.5 Å². The van der Waals surface area contributed by atoms with Crippen molar-refractivity contribution in [2.24, 2.45) is 0 Å². The summed E-state index contributed by atoms with van der Waals surface area (Å²) in [6.45, 7) is 0. The molecule has 0 radical (unpaired) electrons. The first-order chi connectivity index (χ1) is 8.25. The van der Waals surface area contributed by atoms with Gasteiger partial charge in [-0.3, -0.25) is 0 Å². The topological polar surface area (TPSA) is 53.4 Å². The largest absolute Gasteiger partial charge is 0.433 e. The summed E-state index contributed by atoms with van der Waals surface area (Å²) in [5.41, 5.74) is -1.31. The van der Waals surface area contributed by atoms with Crippen molar-refractivity contribution in [2.75, 3.05) is 5.33 Å². The maximum Gasteiger partial charge on any atom is 0.433 e. The van der Waals surface area contributed by atoms with Crippen LogP contribution in [0, 0.1) is 0 Å². The van der Waals surface area contributed by atoms with Crippen LogP contribution < -0.4 is 0 Å². The van der Waals surface area contributed by atoms with Gasteiger partial charge in [0.15, 0.2) is 0 Å². The molecule has 3 nitrogen and oxygen atoms in total. The predicted octanol–water partition coefficient (Wildman–Crippen LogP) is 2.93. The Morgan fingerprint density at radius 1 is 1.33 bits per heavy atom. The minimum atomic E-state index is -4.65. The van der Waals surface area contributed by atoms with E-state index in [1.54, 1.807) is 0 Å². The Kier molecular flexibility index (Phi) is 5.39. The smallest absolute Gasteiger partial charge is 0.390 e. The number of nitrogens with zero attached hydrogens (tertiary/aromatic N) is 1. The first-order valence-corrected chi connectivity index (χ1v) is 6.42. The fraction of sp³-hybridized carbons (Fsp3) is 0.500. The Labute approximate surface area is 115 Å². The number of aromatic nitrogens is 1. The molecule has 8 heteroatoms. The van der Waals surface area contributed by atoms with Gasteiger partial charge in [-0.25, -0.2) is 4.98 Å². The van der Waals surface area contributed by atoms with E-state index in [-0.39, 0.29) is 17.1 Å². The molecule has 2 unspecified atom stereocenters. The maximum absolute atomic E-state index is 12.5. The van der Waals surface area contributed by atoms with E-state index in [1.165, 1.54) is 0 Å². The van der Waals surface area contributed by atoms with Gasteiger partial charge in [-0.1, -0.05) is 27.5 Å². The molecule has 102 valence electrons. The van der Waals surface area contributed by atoms with Crippen molar-refractivity contribution in [3.63, 3.8) is 0 Å². The van der Waals surface area contributed by atoms with Crippen molar-refractivity contribution in [1.29, 1.82) is 0 Å². The summed E-state index contributed by atoms with van der Waals surface area (Å²) in [6.07, 6.45) is -7.07. The minimum absolute atomic E-state index is 0.115. The molecule has 0 spiro atoms. The van der Waals surface area contributed by atoms with Gasteiger partial charge in [-0.2, -0.15) is 13.2 Å². The van der Waals surface area contributed by atoms with Crippen LogP contribution in [0.3, 0.4) is 0 Å². The average molecular weight is 349 g/mol. The molecule has 0 aliphatic carbocycles. The molecule has 0 aliphatic heterocycles. The number of alkyl halides is 4. The minimum Gasteiger partial charge on any atom is -0.390 e. The quantitative estimate of drug-likeness (QED) is 0.650. The lowest BCUT2D eigenvalue weighted by Gasteiger charge is -2.18. The van der Waals surface area contributed by atoms with Crippen LogP contribution in [0.2, 0.25) is 5.15 Å². The Morgan fingerprint density at radius 2 is 1.94 bits per heavy atom. The lowest BCUT2D eigenvalue weighted by Crippen LogP contribution is -2.20. The summed E-state index contributed by atoms with van der Waals surface area (Å²) >= 11 is 8.53. The molecule has 1 rings (SSSR count). The molecule has 1 heterocycles. The number of halogens is 5. The maximum atomic E-state index is 12.5. The molecular weight excluding hydrogens is 338 g/mol. The normalized spacial score (nSPS) is 15.5. The van der Waals surface area contributed by atoms with Gasteiger partial charge in [-0.05, 0) is 24.1 Å². The number of aliphatic hydroxyl groups excluding tert-OH is 2. The van der Waals surface area contributed by atoms with Crippen molar-refractivity contribution in [2.45, 2.75) is 24.8 Å². The second-order valence-electron chi connectivity index (χ2n) is 3.60. The molecule has 0 bridgehead atoms. The third kappa shape index (κ3) is 4.08. The van der Waals surface area contributed by atoms with Crippen LogP contribution in [0.1, 0.15) is 23.8 Å². The van der Waals surface area contributed by atoms with E-state index in [0.29, 0.717) is 11.4 Å². The third-order valence-electron chi connectivity index (χ3n) is 2.22. The second kappa shape index (κ2) is 6.18. The highest BCUT2D eigenvalue weighted by Gasteiger charge is 2.34. The van der Waals surface area contributed by atoms with Gasteiger partial charge in [-0.15, -0.1) is 0 Å². The Hall–Kier alpha value is -0.370. The van der Waals surface area contributed by atoms with Gasteiger partial charge < -0.3 is 10.2 Å². The van der Waals surface area contributed by atoms with Crippen LogP contribution in [-0.4, -0.2) is 26.6 Å². The van der Waals surface area contributed by atoms with Crippen molar-refractivity contribution in [1.82, 2.24) is 4.98 Å². The molecule has 0 aliphatic rings. The molecule has 0 saturated carbocycles. The molecule has 0 fully saturated rings. The second-order valence-corrected chi connectivity index (χ2v) is 4.78. The zero-order chi connectivity index (χ0) is 13.9. The van der Waals surface area contributed by atoms with E-state index in [9.17, 15) is 23.4 Å². The Morgan fingerprint density at radius 3 is 2.44 bits per heavy atom. The lowest BCUT2D eigenvalue weighted by atomic mass is 10.0. The zero-order valence-corrected chi connectivity index (χ0v) is 11.3. The fourth-order valence-electron chi connectivity index (χ4n) is 1.32. The van der Waals surface area contributed by atoms with Crippen LogP contribution in [0.15, 0.2) is 12.1 Å². The summed E-state index contributed by atoms with van der Waals surface area (Å²) in [4.78, 5) is 3.13. The molecule has 0 amide bonds. The number of rotatable bonds is 4. The molecule has 2 N–H and O–H groups in total. The molecule has 18 heavy (non-hydrogen) atoms. The van der Waals surface area contributed by atoms with Gasteiger partial charge in [0.25, 0.3) is 0 Å². The number of pyridine rings is 1. The van der Waals surface area contributed by atoms with Gasteiger partial charge in [0.2, 0.25) is 0 Å². The fourth-order valence-corrected chi connectivity index (χ4v) is 2.01. The first-order valence-electron chi connectivity index (χ1n) is 4.92.